The van der Waals surface area contributed by atoms with E-state index in [0.717, 1.165) is 5.56 Å². The van der Waals surface area contributed by atoms with E-state index in [9.17, 15) is 14.0 Å². The highest BCUT2D eigenvalue weighted by Gasteiger charge is 2.09. The minimum absolute atomic E-state index is 0.201. The molecule has 2 rings (SSSR count). The average molecular weight is 313 g/mol. The largest absolute Gasteiger partial charge is 0.343 e. The lowest BCUT2D eigenvalue weighted by Gasteiger charge is -2.06. The number of halogens is 1. The van der Waals surface area contributed by atoms with Crippen LogP contribution in [0.15, 0.2) is 53.6 Å². The second-order valence-corrected chi connectivity index (χ2v) is 4.85. The summed E-state index contributed by atoms with van der Waals surface area (Å²) in [7, 11) is 0. The predicted octanol–water partition coefficient (Wildman–Crippen LogP) is 2.01. The van der Waals surface area contributed by atoms with Crippen LogP contribution in [0, 0.1) is 12.7 Å². The summed E-state index contributed by atoms with van der Waals surface area (Å²) in [4.78, 5) is 23.5. The molecule has 0 aromatic heterocycles. The summed E-state index contributed by atoms with van der Waals surface area (Å²) in [6, 6.07) is 12.9. The van der Waals surface area contributed by atoms with E-state index in [1.54, 1.807) is 24.3 Å². The van der Waals surface area contributed by atoms with Crippen LogP contribution in [0.25, 0.3) is 0 Å². The Labute approximate surface area is 133 Å². The number of hydrazone groups is 1. The standard InChI is InChI=1S/C17H16FN3O2/c1-12-5-2-3-8-15(12)17(23)19-11-16(22)21-20-10-13-6-4-7-14(18)9-13/h2-10H,11H2,1H3,(H,19,23)(H,21,22)/b20-10+. The Kier molecular flexibility index (Phi) is 5.57. The Morgan fingerprint density at radius 1 is 1.17 bits per heavy atom. The molecule has 2 N–H and O–H groups in total. The molecule has 0 aliphatic carbocycles. The van der Waals surface area contributed by atoms with Gasteiger partial charge >= 0.3 is 0 Å². The SMILES string of the molecule is Cc1ccccc1C(=O)NCC(=O)N/N=C/c1cccc(F)c1. The molecule has 0 saturated heterocycles. The fourth-order valence-electron chi connectivity index (χ4n) is 1.89. The Hall–Kier alpha value is -3.02. The number of amides is 2. The summed E-state index contributed by atoms with van der Waals surface area (Å²) in [5.41, 5.74) is 4.13. The molecule has 0 atom stereocenters. The number of aryl methyl sites for hydroxylation is 1. The highest BCUT2D eigenvalue weighted by Crippen LogP contribution is 2.06. The molecule has 0 heterocycles. The fraction of sp³-hybridized carbons (Fsp3) is 0.118. The molecular formula is C17H16FN3O2. The normalized spacial score (nSPS) is 10.5. The van der Waals surface area contributed by atoms with Gasteiger partial charge in [-0.15, -0.1) is 0 Å². The van der Waals surface area contributed by atoms with Crippen LogP contribution in [0.3, 0.4) is 0 Å². The van der Waals surface area contributed by atoms with E-state index < -0.39 is 5.91 Å². The first kappa shape index (κ1) is 16.4. The molecule has 0 radical (unpaired) electrons. The molecule has 5 nitrogen and oxygen atoms in total. The molecule has 2 aromatic carbocycles. The first-order valence-electron chi connectivity index (χ1n) is 6.97. The lowest BCUT2D eigenvalue weighted by molar-refractivity contribution is -0.120. The van der Waals surface area contributed by atoms with Crippen molar-refractivity contribution in [1.82, 2.24) is 10.7 Å². The highest BCUT2D eigenvalue weighted by molar-refractivity contribution is 5.97. The number of carbonyl (C=O) groups is 2. The third-order valence-electron chi connectivity index (χ3n) is 3.05. The quantitative estimate of drug-likeness (QED) is 0.655. The molecule has 0 bridgehead atoms. The number of rotatable bonds is 5. The van der Waals surface area contributed by atoms with Crippen molar-refractivity contribution in [2.45, 2.75) is 6.92 Å². The van der Waals surface area contributed by atoms with Gasteiger partial charge in [-0.05, 0) is 36.2 Å². The third-order valence-corrected chi connectivity index (χ3v) is 3.05. The van der Waals surface area contributed by atoms with E-state index in [0.29, 0.717) is 11.1 Å². The second kappa shape index (κ2) is 7.84. The van der Waals surface area contributed by atoms with Crippen molar-refractivity contribution in [2.24, 2.45) is 5.10 Å². The number of nitrogens with zero attached hydrogens (tertiary/aromatic N) is 1. The number of hydrogen-bond donors (Lipinski definition) is 2. The Bertz CT molecular complexity index is 744. The predicted molar refractivity (Wildman–Crippen MR) is 85.6 cm³/mol. The monoisotopic (exact) mass is 313 g/mol. The molecular weight excluding hydrogens is 297 g/mol. The summed E-state index contributed by atoms with van der Waals surface area (Å²) in [6.45, 7) is 1.62. The second-order valence-electron chi connectivity index (χ2n) is 4.85. The molecule has 0 unspecified atom stereocenters. The number of carbonyl (C=O) groups excluding carboxylic acids is 2. The highest BCUT2D eigenvalue weighted by atomic mass is 19.1. The van der Waals surface area contributed by atoms with E-state index in [4.69, 9.17) is 0 Å². The Balaban J connectivity index is 1.81. The van der Waals surface area contributed by atoms with Gasteiger partial charge in [0.05, 0.1) is 12.8 Å². The number of hydrogen-bond acceptors (Lipinski definition) is 3. The van der Waals surface area contributed by atoms with Crippen LogP contribution in [-0.4, -0.2) is 24.6 Å². The van der Waals surface area contributed by atoms with Gasteiger partial charge in [-0.25, -0.2) is 9.82 Å². The summed E-state index contributed by atoms with van der Waals surface area (Å²) >= 11 is 0. The molecule has 0 spiro atoms. The average Bonchev–Trinajstić information content (AvgIpc) is 2.53. The first-order chi connectivity index (χ1) is 11.1. The van der Waals surface area contributed by atoms with E-state index in [1.165, 1.54) is 18.3 Å². The minimum atomic E-state index is -0.473. The van der Waals surface area contributed by atoms with Crippen LogP contribution in [0.4, 0.5) is 4.39 Å². The van der Waals surface area contributed by atoms with Gasteiger partial charge in [-0.1, -0.05) is 30.3 Å². The zero-order valence-corrected chi connectivity index (χ0v) is 12.5. The third kappa shape index (κ3) is 5.03. The molecule has 0 aliphatic heterocycles. The van der Waals surface area contributed by atoms with Crippen molar-refractivity contribution >= 4 is 18.0 Å². The zero-order valence-electron chi connectivity index (χ0n) is 12.5. The minimum Gasteiger partial charge on any atom is -0.343 e. The number of nitrogens with one attached hydrogen (secondary N) is 2. The van der Waals surface area contributed by atoms with E-state index in [1.807, 2.05) is 19.1 Å². The molecule has 2 aromatic rings. The Morgan fingerprint density at radius 3 is 2.70 bits per heavy atom. The summed E-state index contributed by atoms with van der Waals surface area (Å²) < 4.78 is 13.0. The van der Waals surface area contributed by atoms with Crippen LogP contribution >= 0.6 is 0 Å². The molecule has 2 amide bonds. The fourth-order valence-corrected chi connectivity index (χ4v) is 1.89. The topological polar surface area (TPSA) is 70.6 Å². The van der Waals surface area contributed by atoms with Crippen LogP contribution in [0.5, 0.6) is 0 Å². The van der Waals surface area contributed by atoms with Gasteiger partial charge < -0.3 is 5.32 Å². The summed E-state index contributed by atoms with van der Waals surface area (Å²) in [5.74, 6) is -1.18. The molecule has 6 heteroatoms. The first-order valence-corrected chi connectivity index (χ1v) is 6.97. The van der Waals surface area contributed by atoms with Gasteiger partial charge in [0.1, 0.15) is 5.82 Å². The molecule has 23 heavy (non-hydrogen) atoms. The smallest absolute Gasteiger partial charge is 0.259 e. The van der Waals surface area contributed by atoms with Crippen LogP contribution in [0.2, 0.25) is 0 Å². The van der Waals surface area contributed by atoms with Crippen molar-refractivity contribution in [3.8, 4) is 0 Å². The maximum Gasteiger partial charge on any atom is 0.259 e. The van der Waals surface area contributed by atoms with Crippen molar-refractivity contribution in [3.63, 3.8) is 0 Å². The van der Waals surface area contributed by atoms with Crippen molar-refractivity contribution in [2.75, 3.05) is 6.54 Å². The molecule has 0 fully saturated rings. The molecule has 0 aliphatic rings. The van der Waals surface area contributed by atoms with E-state index >= 15 is 0 Å². The van der Waals surface area contributed by atoms with Gasteiger partial charge in [-0.3, -0.25) is 9.59 Å². The maximum atomic E-state index is 13.0. The summed E-state index contributed by atoms with van der Waals surface area (Å²) in [6.07, 6.45) is 1.32. The molecule has 118 valence electrons. The lowest BCUT2D eigenvalue weighted by atomic mass is 10.1. The maximum absolute atomic E-state index is 13.0. The van der Waals surface area contributed by atoms with Gasteiger partial charge in [0.2, 0.25) is 0 Å². The van der Waals surface area contributed by atoms with Gasteiger partial charge in [-0.2, -0.15) is 5.10 Å². The summed E-state index contributed by atoms with van der Waals surface area (Å²) in [5, 5.41) is 6.22. The van der Waals surface area contributed by atoms with Crippen molar-refractivity contribution < 1.29 is 14.0 Å². The van der Waals surface area contributed by atoms with Crippen molar-refractivity contribution in [1.29, 1.82) is 0 Å². The van der Waals surface area contributed by atoms with Crippen LogP contribution < -0.4 is 10.7 Å². The number of benzene rings is 2. The van der Waals surface area contributed by atoms with Gasteiger partial charge in [0.15, 0.2) is 0 Å². The van der Waals surface area contributed by atoms with Gasteiger partial charge in [0.25, 0.3) is 11.8 Å². The Morgan fingerprint density at radius 2 is 1.96 bits per heavy atom. The molecule has 0 saturated carbocycles. The zero-order chi connectivity index (χ0) is 16.7. The van der Waals surface area contributed by atoms with Gasteiger partial charge in [0, 0.05) is 5.56 Å². The van der Waals surface area contributed by atoms with Crippen molar-refractivity contribution in [3.05, 3.63) is 71.0 Å². The van der Waals surface area contributed by atoms with E-state index in [2.05, 4.69) is 15.8 Å². The van der Waals surface area contributed by atoms with E-state index in [-0.39, 0.29) is 18.3 Å². The lowest BCUT2D eigenvalue weighted by Crippen LogP contribution is -2.35. The van der Waals surface area contributed by atoms with Crippen LogP contribution in [0.1, 0.15) is 21.5 Å². The van der Waals surface area contributed by atoms with Crippen LogP contribution in [-0.2, 0) is 4.79 Å².